The third-order valence-corrected chi connectivity index (χ3v) is 1.84. The normalized spacial score (nSPS) is 10.7. The number of hydrogen-bond acceptors (Lipinski definition) is 2. The molecule has 0 atom stereocenters. The molecule has 0 aliphatic carbocycles. The first-order valence-corrected chi connectivity index (χ1v) is 5.56. The molecule has 0 N–H and O–H groups in total. The van der Waals surface area contributed by atoms with Crippen molar-refractivity contribution in [2.75, 3.05) is 6.26 Å². The molecule has 80 valence electrons. The van der Waals surface area contributed by atoms with Crippen LogP contribution < -0.4 is 0 Å². The van der Waals surface area contributed by atoms with Crippen LogP contribution in [0.15, 0.2) is 12.1 Å². The van der Waals surface area contributed by atoms with Crippen LogP contribution in [0.2, 0.25) is 0 Å². The Labute approximate surface area is 84.6 Å². The Balaban J connectivity index is 3.23. The fourth-order valence-corrected chi connectivity index (χ4v) is 1.08. The van der Waals surface area contributed by atoms with Gasteiger partial charge in [-0.25, -0.2) is 21.6 Å². The highest BCUT2D eigenvalue weighted by atomic mass is 32.2. The number of sulfone groups is 1. The van der Waals surface area contributed by atoms with E-state index in [1.165, 1.54) is 0 Å². The van der Waals surface area contributed by atoms with Crippen LogP contribution in [0.1, 0.15) is 5.56 Å². The molecule has 6 heteroatoms. The van der Waals surface area contributed by atoms with Gasteiger partial charge in [0.05, 0.1) is 6.26 Å². The number of rotatable bonds is 0. The Bertz CT molecular complexity index is 529. The Morgan fingerprint density at radius 2 is 1.60 bits per heavy atom. The summed E-state index contributed by atoms with van der Waals surface area (Å²) in [5, 5.41) is 1.78. The van der Waals surface area contributed by atoms with Gasteiger partial charge in [-0.05, 0) is 18.1 Å². The summed E-state index contributed by atoms with van der Waals surface area (Å²) in [5.74, 6) is -2.42. The molecule has 0 fully saturated rings. The molecule has 0 amide bonds. The minimum absolute atomic E-state index is 0.239. The minimum atomic E-state index is -3.56. The zero-order valence-electron chi connectivity index (χ0n) is 7.51. The maximum absolute atomic E-state index is 12.6. The average Bonchev–Trinajstić information content (AvgIpc) is 2.09. The van der Waals surface area contributed by atoms with Gasteiger partial charge in [-0.2, -0.15) is 0 Å². The first-order chi connectivity index (χ1) is 6.79. The molecule has 0 aliphatic rings. The second-order valence-electron chi connectivity index (χ2n) is 2.75. The topological polar surface area (TPSA) is 34.1 Å². The van der Waals surface area contributed by atoms with E-state index in [-0.39, 0.29) is 5.56 Å². The second-order valence-corrected chi connectivity index (χ2v) is 4.50. The monoisotopic (exact) mass is 234 g/mol. The molecule has 0 saturated carbocycles. The van der Waals surface area contributed by atoms with Crippen molar-refractivity contribution in [3.8, 4) is 11.2 Å². The van der Waals surface area contributed by atoms with Gasteiger partial charge in [-0.1, -0.05) is 0 Å². The second kappa shape index (κ2) is 3.95. The number of halogens is 3. The summed E-state index contributed by atoms with van der Waals surface area (Å²) < 4.78 is 58.9. The summed E-state index contributed by atoms with van der Waals surface area (Å²) >= 11 is 0. The third kappa shape index (κ3) is 3.29. The number of hydrogen-bond donors (Lipinski definition) is 0. The van der Waals surface area contributed by atoms with Gasteiger partial charge in [0.1, 0.15) is 0 Å². The fraction of sp³-hybridized carbons (Fsp3) is 0.111. The lowest BCUT2D eigenvalue weighted by atomic mass is 10.2. The molecule has 15 heavy (non-hydrogen) atoms. The molecule has 0 aliphatic heterocycles. The lowest BCUT2D eigenvalue weighted by Gasteiger charge is -1.95. The van der Waals surface area contributed by atoms with Crippen LogP contribution in [0.4, 0.5) is 13.2 Å². The van der Waals surface area contributed by atoms with Crippen LogP contribution >= 0.6 is 0 Å². The lowest BCUT2D eigenvalue weighted by Crippen LogP contribution is -1.93. The van der Waals surface area contributed by atoms with E-state index in [9.17, 15) is 21.6 Å². The molecule has 0 bridgehead atoms. The average molecular weight is 234 g/mol. The van der Waals surface area contributed by atoms with Crippen molar-refractivity contribution in [3.05, 3.63) is 35.1 Å². The standard InChI is InChI=1S/C9H5F3O2S/c1-15(13,14)3-2-6-4-7(10)9(12)8(11)5-6/h4-5H,1H3. The molecule has 0 unspecified atom stereocenters. The fourth-order valence-electron chi connectivity index (χ4n) is 0.779. The Morgan fingerprint density at radius 1 is 1.13 bits per heavy atom. The molecular weight excluding hydrogens is 229 g/mol. The van der Waals surface area contributed by atoms with Crippen molar-refractivity contribution < 1.29 is 21.6 Å². The third-order valence-electron chi connectivity index (χ3n) is 1.36. The van der Waals surface area contributed by atoms with E-state index in [4.69, 9.17) is 0 Å². The summed E-state index contributed by atoms with van der Waals surface area (Å²) in [6, 6.07) is 1.24. The van der Waals surface area contributed by atoms with Crippen molar-refractivity contribution in [2.24, 2.45) is 0 Å². The van der Waals surface area contributed by atoms with Gasteiger partial charge >= 0.3 is 0 Å². The van der Waals surface area contributed by atoms with E-state index in [0.717, 1.165) is 6.26 Å². The first-order valence-electron chi connectivity index (χ1n) is 3.67. The zero-order valence-corrected chi connectivity index (χ0v) is 8.33. The molecule has 1 aromatic rings. The van der Waals surface area contributed by atoms with Crippen LogP contribution in [-0.2, 0) is 9.84 Å². The van der Waals surface area contributed by atoms with E-state index >= 15 is 0 Å². The van der Waals surface area contributed by atoms with Gasteiger partial charge in [0.15, 0.2) is 17.5 Å². The van der Waals surface area contributed by atoms with Crippen molar-refractivity contribution >= 4 is 9.84 Å². The van der Waals surface area contributed by atoms with E-state index in [2.05, 4.69) is 0 Å². The Morgan fingerprint density at radius 3 is 2.00 bits per heavy atom. The summed E-state index contributed by atoms with van der Waals surface area (Å²) in [5.41, 5.74) is -0.239. The summed E-state index contributed by atoms with van der Waals surface area (Å²) in [6.07, 6.45) is 0.843. The molecule has 1 aromatic carbocycles. The van der Waals surface area contributed by atoms with E-state index in [0.29, 0.717) is 12.1 Å². The zero-order chi connectivity index (χ0) is 11.6. The highest BCUT2D eigenvalue weighted by Crippen LogP contribution is 2.12. The molecule has 0 radical (unpaired) electrons. The maximum atomic E-state index is 12.6. The number of benzene rings is 1. The Kier molecular flexibility index (Phi) is 3.05. The molecular formula is C9H5F3O2S. The largest absolute Gasteiger partial charge is 0.216 e. The minimum Gasteiger partial charge on any atom is -0.216 e. The Hall–Kier alpha value is -1.48. The van der Waals surface area contributed by atoms with Crippen molar-refractivity contribution in [3.63, 3.8) is 0 Å². The van der Waals surface area contributed by atoms with Crippen LogP contribution in [0.25, 0.3) is 0 Å². The summed E-state index contributed by atoms with van der Waals surface area (Å²) in [7, 11) is -3.56. The van der Waals surface area contributed by atoms with E-state index < -0.39 is 27.3 Å². The van der Waals surface area contributed by atoms with Crippen LogP contribution in [0.3, 0.4) is 0 Å². The smallest absolute Gasteiger partial charge is 0.214 e. The highest BCUT2D eigenvalue weighted by molar-refractivity contribution is 7.95. The lowest BCUT2D eigenvalue weighted by molar-refractivity contribution is 0.446. The van der Waals surface area contributed by atoms with Crippen LogP contribution in [0, 0.1) is 28.6 Å². The molecule has 0 saturated heterocycles. The molecule has 0 heterocycles. The maximum Gasteiger partial charge on any atom is 0.214 e. The molecule has 1 rings (SSSR count). The van der Waals surface area contributed by atoms with Crippen molar-refractivity contribution in [1.82, 2.24) is 0 Å². The van der Waals surface area contributed by atoms with E-state index in [1.54, 1.807) is 5.25 Å². The van der Waals surface area contributed by atoms with Gasteiger partial charge in [0.25, 0.3) is 0 Å². The predicted molar refractivity (Wildman–Crippen MR) is 48.0 cm³/mol. The van der Waals surface area contributed by atoms with Gasteiger partial charge in [-0.15, -0.1) is 0 Å². The van der Waals surface area contributed by atoms with Crippen molar-refractivity contribution in [1.29, 1.82) is 0 Å². The highest BCUT2D eigenvalue weighted by Gasteiger charge is 2.09. The van der Waals surface area contributed by atoms with Gasteiger partial charge < -0.3 is 0 Å². The molecule has 2 nitrogen and oxygen atoms in total. The quantitative estimate of drug-likeness (QED) is 0.503. The SMILES string of the molecule is CS(=O)(=O)C#Cc1cc(F)c(F)c(F)c1. The van der Waals surface area contributed by atoms with Gasteiger partial charge in [0, 0.05) is 10.8 Å². The summed E-state index contributed by atoms with van der Waals surface area (Å²) in [4.78, 5) is 0. The van der Waals surface area contributed by atoms with Crippen LogP contribution in [-0.4, -0.2) is 14.7 Å². The van der Waals surface area contributed by atoms with Crippen LogP contribution in [0.5, 0.6) is 0 Å². The molecule has 0 spiro atoms. The van der Waals surface area contributed by atoms with Crippen molar-refractivity contribution in [2.45, 2.75) is 0 Å². The van der Waals surface area contributed by atoms with Gasteiger partial charge in [0.2, 0.25) is 9.84 Å². The van der Waals surface area contributed by atoms with E-state index in [1.807, 2.05) is 5.92 Å². The molecule has 0 aromatic heterocycles. The van der Waals surface area contributed by atoms with Gasteiger partial charge in [-0.3, -0.25) is 0 Å². The first kappa shape index (κ1) is 11.6. The predicted octanol–water partition coefficient (Wildman–Crippen LogP) is 1.46. The summed E-state index contributed by atoms with van der Waals surface area (Å²) in [6.45, 7) is 0.